The van der Waals surface area contributed by atoms with Crippen LogP contribution in [0.5, 0.6) is 0 Å². The monoisotopic (exact) mass is 390 g/mol. The molecular weight excluding hydrogens is 372 g/mol. The number of ether oxygens (including phenoxy) is 1. The molecule has 1 aromatic heterocycles. The number of fused-ring (bicyclic) bond motifs is 1. The van der Waals surface area contributed by atoms with E-state index in [1.807, 2.05) is 30.3 Å². The highest BCUT2D eigenvalue weighted by atomic mass is 16.5. The number of nitrogens with zero attached hydrogens (tertiary/aromatic N) is 4. The van der Waals surface area contributed by atoms with E-state index < -0.39 is 12.0 Å². The third-order valence-corrected chi connectivity index (χ3v) is 4.64. The fourth-order valence-electron chi connectivity index (χ4n) is 3.25. The molecule has 4 rings (SSSR count). The summed E-state index contributed by atoms with van der Waals surface area (Å²) >= 11 is 0. The number of benzene rings is 2. The molecule has 0 fully saturated rings. The summed E-state index contributed by atoms with van der Waals surface area (Å²) in [5.74, 6) is -0.274. The largest absolute Gasteiger partial charge is 0.465 e. The average molecular weight is 390 g/mol. The second-order valence-electron chi connectivity index (χ2n) is 6.45. The molecule has 0 saturated carbocycles. The van der Waals surface area contributed by atoms with Crippen LogP contribution in [0.15, 0.2) is 65.9 Å². The SMILES string of the molecule is COC(=O)c1ccc([C@@H]2C(C(=O)Nc3ccccc3)=C(C)Nc3nnnn32)cc1. The molecule has 2 heterocycles. The van der Waals surface area contributed by atoms with Crippen molar-refractivity contribution < 1.29 is 14.3 Å². The summed E-state index contributed by atoms with van der Waals surface area (Å²) in [5.41, 5.74) is 2.96. The highest BCUT2D eigenvalue weighted by Gasteiger charge is 2.34. The first kappa shape index (κ1) is 18.4. The predicted molar refractivity (Wildman–Crippen MR) is 105 cm³/mol. The number of aromatic nitrogens is 4. The van der Waals surface area contributed by atoms with Crippen LogP contribution in [-0.2, 0) is 9.53 Å². The molecule has 0 spiro atoms. The number of rotatable bonds is 4. The zero-order valence-corrected chi connectivity index (χ0v) is 15.8. The van der Waals surface area contributed by atoms with Crippen LogP contribution in [0.1, 0.15) is 28.9 Å². The van der Waals surface area contributed by atoms with Crippen LogP contribution in [0.3, 0.4) is 0 Å². The minimum atomic E-state index is -0.559. The molecule has 1 atom stereocenters. The quantitative estimate of drug-likeness (QED) is 0.658. The van der Waals surface area contributed by atoms with E-state index in [4.69, 9.17) is 4.74 Å². The van der Waals surface area contributed by atoms with Gasteiger partial charge in [0.05, 0.1) is 18.2 Å². The fourth-order valence-corrected chi connectivity index (χ4v) is 3.25. The topological polar surface area (TPSA) is 111 Å². The smallest absolute Gasteiger partial charge is 0.337 e. The first-order valence-corrected chi connectivity index (χ1v) is 8.89. The standard InChI is InChI=1S/C20H18N6O3/c1-12-16(18(27)22-15-6-4-3-5-7-15)17(26-20(21-12)23-24-25-26)13-8-10-14(11-9-13)19(28)29-2/h3-11,17H,1-2H3,(H,22,27)(H,21,23,25)/t17-/m1/s1. The second-order valence-corrected chi connectivity index (χ2v) is 6.45. The number of tetrazole rings is 1. The van der Waals surface area contributed by atoms with Gasteiger partial charge in [-0.3, -0.25) is 4.79 Å². The lowest BCUT2D eigenvalue weighted by Gasteiger charge is -2.28. The number of carbonyl (C=O) groups excluding carboxylic acids is 2. The average Bonchev–Trinajstić information content (AvgIpc) is 3.21. The maximum atomic E-state index is 13.1. The van der Waals surface area contributed by atoms with Gasteiger partial charge in [-0.2, -0.15) is 4.68 Å². The number of hydrogen-bond donors (Lipinski definition) is 2. The number of para-hydroxylation sites is 1. The molecular formula is C20H18N6O3. The Kier molecular flexibility index (Phi) is 4.78. The van der Waals surface area contributed by atoms with E-state index in [9.17, 15) is 9.59 Å². The third kappa shape index (κ3) is 3.45. The first-order valence-electron chi connectivity index (χ1n) is 8.89. The molecule has 0 unspecified atom stereocenters. The molecule has 146 valence electrons. The number of hydrogen-bond acceptors (Lipinski definition) is 7. The Morgan fingerprint density at radius 1 is 1.10 bits per heavy atom. The molecule has 0 radical (unpaired) electrons. The molecule has 1 aliphatic heterocycles. The van der Waals surface area contributed by atoms with Crippen LogP contribution in [0.25, 0.3) is 0 Å². The summed E-state index contributed by atoms with van der Waals surface area (Å²) in [6, 6.07) is 15.5. The zero-order valence-electron chi connectivity index (χ0n) is 15.8. The lowest BCUT2D eigenvalue weighted by atomic mass is 9.94. The summed E-state index contributed by atoms with van der Waals surface area (Å²) in [6.07, 6.45) is 0. The molecule has 3 aromatic rings. The number of methoxy groups -OCH3 is 1. The molecule has 2 aromatic carbocycles. The van der Waals surface area contributed by atoms with Gasteiger partial charge in [0, 0.05) is 11.4 Å². The minimum absolute atomic E-state index is 0.274. The number of amides is 1. The van der Waals surface area contributed by atoms with Crippen molar-refractivity contribution in [3.8, 4) is 0 Å². The van der Waals surface area contributed by atoms with Crippen LogP contribution >= 0.6 is 0 Å². The lowest BCUT2D eigenvalue weighted by Crippen LogP contribution is -2.31. The number of allylic oxidation sites excluding steroid dienone is 1. The lowest BCUT2D eigenvalue weighted by molar-refractivity contribution is -0.113. The molecule has 1 aliphatic rings. The van der Waals surface area contributed by atoms with E-state index in [2.05, 4.69) is 26.2 Å². The molecule has 2 N–H and O–H groups in total. The minimum Gasteiger partial charge on any atom is -0.465 e. The summed E-state index contributed by atoms with van der Waals surface area (Å²) in [6.45, 7) is 1.80. The predicted octanol–water partition coefficient (Wildman–Crippen LogP) is 2.39. The van der Waals surface area contributed by atoms with E-state index in [0.717, 1.165) is 5.56 Å². The van der Waals surface area contributed by atoms with Crippen molar-refractivity contribution >= 4 is 23.5 Å². The molecule has 9 heteroatoms. The second kappa shape index (κ2) is 7.55. The summed E-state index contributed by atoms with van der Waals surface area (Å²) in [4.78, 5) is 24.9. The van der Waals surface area contributed by atoms with E-state index in [-0.39, 0.29) is 5.91 Å². The molecule has 9 nitrogen and oxygen atoms in total. The van der Waals surface area contributed by atoms with Crippen molar-refractivity contribution in [3.63, 3.8) is 0 Å². The molecule has 0 saturated heterocycles. The Morgan fingerprint density at radius 3 is 2.52 bits per heavy atom. The van der Waals surface area contributed by atoms with Crippen LogP contribution in [0, 0.1) is 0 Å². The van der Waals surface area contributed by atoms with Gasteiger partial charge in [0.15, 0.2) is 0 Å². The van der Waals surface area contributed by atoms with Gasteiger partial charge in [-0.15, -0.1) is 0 Å². The van der Waals surface area contributed by atoms with Gasteiger partial charge in [-0.1, -0.05) is 35.4 Å². The maximum absolute atomic E-state index is 13.1. The van der Waals surface area contributed by atoms with Crippen molar-refractivity contribution in [3.05, 3.63) is 77.0 Å². The Balaban J connectivity index is 1.74. The van der Waals surface area contributed by atoms with Gasteiger partial charge in [-0.25, -0.2) is 4.79 Å². The summed E-state index contributed by atoms with van der Waals surface area (Å²) < 4.78 is 6.29. The van der Waals surface area contributed by atoms with Gasteiger partial charge >= 0.3 is 5.97 Å². The van der Waals surface area contributed by atoms with Gasteiger partial charge in [0.2, 0.25) is 5.95 Å². The Morgan fingerprint density at radius 2 is 1.83 bits per heavy atom. The van der Waals surface area contributed by atoms with Crippen LogP contribution in [0.2, 0.25) is 0 Å². The normalized spacial score (nSPS) is 15.3. The van der Waals surface area contributed by atoms with Crippen molar-refractivity contribution in [2.24, 2.45) is 0 Å². The van der Waals surface area contributed by atoms with E-state index in [0.29, 0.717) is 28.5 Å². The number of nitrogens with one attached hydrogen (secondary N) is 2. The van der Waals surface area contributed by atoms with Crippen LogP contribution < -0.4 is 10.6 Å². The van der Waals surface area contributed by atoms with E-state index in [1.165, 1.54) is 7.11 Å². The van der Waals surface area contributed by atoms with Gasteiger partial charge < -0.3 is 15.4 Å². The zero-order chi connectivity index (χ0) is 20.4. The highest BCUT2D eigenvalue weighted by molar-refractivity contribution is 6.06. The van der Waals surface area contributed by atoms with Gasteiger partial charge in [0.1, 0.15) is 6.04 Å². The van der Waals surface area contributed by atoms with Crippen molar-refractivity contribution in [1.29, 1.82) is 0 Å². The van der Waals surface area contributed by atoms with Gasteiger partial charge in [-0.05, 0) is 47.2 Å². The Labute approximate surface area is 166 Å². The molecule has 0 aliphatic carbocycles. The van der Waals surface area contributed by atoms with Crippen molar-refractivity contribution in [2.45, 2.75) is 13.0 Å². The number of anilines is 2. The number of esters is 1. The molecule has 29 heavy (non-hydrogen) atoms. The van der Waals surface area contributed by atoms with Gasteiger partial charge in [0.25, 0.3) is 5.91 Å². The molecule has 1 amide bonds. The highest BCUT2D eigenvalue weighted by Crippen LogP contribution is 2.35. The van der Waals surface area contributed by atoms with Crippen molar-refractivity contribution in [1.82, 2.24) is 20.2 Å². The third-order valence-electron chi connectivity index (χ3n) is 4.64. The maximum Gasteiger partial charge on any atom is 0.337 e. The van der Waals surface area contributed by atoms with Crippen LogP contribution in [-0.4, -0.2) is 39.2 Å². The molecule has 0 bridgehead atoms. The Bertz CT molecular complexity index is 1090. The summed E-state index contributed by atoms with van der Waals surface area (Å²) in [5, 5.41) is 17.7. The van der Waals surface area contributed by atoms with E-state index >= 15 is 0 Å². The first-order chi connectivity index (χ1) is 14.1. The Hall–Kier alpha value is -4.01. The van der Waals surface area contributed by atoms with E-state index in [1.54, 1.807) is 35.9 Å². The van der Waals surface area contributed by atoms with Crippen LogP contribution in [0.4, 0.5) is 11.6 Å². The fraction of sp³-hybridized carbons (Fsp3) is 0.150. The summed E-state index contributed by atoms with van der Waals surface area (Å²) in [7, 11) is 1.33. The number of carbonyl (C=O) groups is 2. The van der Waals surface area contributed by atoms with Crippen molar-refractivity contribution in [2.75, 3.05) is 17.7 Å².